The summed E-state index contributed by atoms with van der Waals surface area (Å²) < 4.78 is 7.44. The van der Waals surface area contributed by atoms with E-state index >= 15 is 0 Å². The van der Waals surface area contributed by atoms with Crippen LogP contribution in [-0.4, -0.2) is 20.5 Å². The Morgan fingerprint density at radius 1 is 0.815 bits per heavy atom. The van der Waals surface area contributed by atoms with Gasteiger partial charge >= 0.3 is 0 Å². The van der Waals surface area contributed by atoms with Crippen LogP contribution in [0, 0.1) is 0 Å². The molecular weight excluding hydrogens is 338 g/mol. The van der Waals surface area contributed by atoms with Gasteiger partial charge in [-0.3, -0.25) is 4.79 Å². The molecule has 0 bridgehead atoms. The number of para-hydroxylation sites is 1. The molecule has 132 valence electrons. The summed E-state index contributed by atoms with van der Waals surface area (Å²) in [6, 6.07) is 26.1. The van der Waals surface area contributed by atoms with Gasteiger partial charge in [-0.25, -0.2) is 9.67 Å². The van der Waals surface area contributed by atoms with Crippen molar-refractivity contribution in [3.63, 3.8) is 0 Å². The molecule has 0 atom stereocenters. The number of ether oxygens (including phenoxy) is 1. The predicted octanol–water partition coefficient (Wildman–Crippen LogP) is 4.08. The monoisotopic (exact) mass is 355 g/mol. The van der Waals surface area contributed by atoms with Gasteiger partial charge in [-0.2, -0.15) is 0 Å². The number of carbonyl (C=O) groups is 1. The number of hydrogen-bond donors (Lipinski definition) is 0. The molecule has 1 heterocycles. The Hall–Kier alpha value is -3.73. The minimum atomic E-state index is -0.00887. The Morgan fingerprint density at radius 3 is 2.15 bits per heavy atom. The Kier molecular flexibility index (Phi) is 4.74. The van der Waals surface area contributed by atoms with E-state index in [2.05, 4.69) is 10.1 Å². The van der Waals surface area contributed by atoms with Crippen LogP contribution in [0.3, 0.4) is 0 Å². The van der Waals surface area contributed by atoms with Gasteiger partial charge in [0.25, 0.3) is 0 Å². The van der Waals surface area contributed by atoms with Crippen LogP contribution in [0.5, 0.6) is 5.75 Å². The zero-order chi connectivity index (χ0) is 18.5. The highest BCUT2D eigenvalue weighted by Crippen LogP contribution is 2.16. The fraction of sp³-hybridized carbons (Fsp3) is 0.0455. The molecule has 0 amide bonds. The second-order valence-electron chi connectivity index (χ2n) is 5.95. The molecule has 0 aliphatic heterocycles. The minimum Gasteiger partial charge on any atom is -0.486 e. The van der Waals surface area contributed by atoms with E-state index in [-0.39, 0.29) is 12.4 Å². The van der Waals surface area contributed by atoms with E-state index in [1.807, 2.05) is 60.7 Å². The SMILES string of the molecule is O=C(c1ccccc1)c1ccc(OCc2ncn(-c3ccccc3)n2)cc1. The number of benzene rings is 3. The molecule has 0 fully saturated rings. The van der Waals surface area contributed by atoms with Crippen molar-refractivity contribution >= 4 is 5.78 Å². The summed E-state index contributed by atoms with van der Waals surface area (Å²) in [5.41, 5.74) is 2.24. The smallest absolute Gasteiger partial charge is 0.193 e. The molecule has 1 aromatic heterocycles. The number of rotatable bonds is 6. The molecule has 3 aromatic carbocycles. The predicted molar refractivity (Wildman–Crippen MR) is 102 cm³/mol. The zero-order valence-corrected chi connectivity index (χ0v) is 14.5. The van der Waals surface area contributed by atoms with Gasteiger partial charge < -0.3 is 4.74 Å². The Labute approximate surface area is 156 Å². The lowest BCUT2D eigenvalue weighted by molar-refractivity contribution is 0.103. The van der Waals surface area contributed by atoms with Gasteiger partial charge in [0.05, 0.1) is 5.69 Å². The second kappa shape index (κ2) is 7.66. The van der Waals surface area contributed by atoms with Crippen LogP contribution in [0.25, 0.3) is 5.69 Å². The molecule has 5 nitrogen and oxygen atoms in total. The summed E-state index contributed by atoms with van der Waals surface area (Å²) in [7, 11) is 0. The maximum Gasteiger partial charge on any atom is 0.193 e. The van der Waals surface area contributed by atoms with E-state index < -0.39 is 0 Å². The Balaban J connectivity index is 1.39. The fourth-order valence-corrected chi connectivity index (χ4v) is 2.68. The number of aromatic nitrogens is 3. The molecule has 0 saturated heterocycles. The lowest BCUT2D eigenvalue weighted by atomic mass is 10.0. The van der Waals surface area contributed by atoms with Gasteiger partial charge in [-0.05, 0) is 36.4 Å². The standard InChI is InChI=1S/C22H17N3O2/c26-22(17-7-3-1-4-8-17)18-11-13-20(14-12-18)27-15-21-23-16-25(24-21)19-9-5-2-6-10-19/h1-14,16H,15H2. The summed E-state index contributed by atoms with van der Waals surface area (Å²) in [4.78, 5) is 16.7. The Bertz CT molecular complexity index is 1030. The van der Waals surface area contributed by atoms with Crippen molar-refractivity contribution in [1.29, 1.82) is 0 Å². The fourth-order valence-electron chi connectivity index (χ4n) is 2.68. The summed E-state index contributed by atoms with van der Waals surface area (Å²) in [6.45, 7) is 0.256. The maximum absolute atomic E-state index is 12.4. The van der Waals surface area contributed by atoms with Crippen molar-refractivity contribution in [2.24, 2.45) is 0 Å². The van der Waals surface area contributed by atoms with Crippen LogP contribution in [-0.2, 0) is 6.61 Å². The number of ketones is 1. The second-order valence-corrected chi connectivity index (χ2v) is 5.95. The van der Waals surface area contributed by atoms with Crippen molar-refractivity contribution in [2.75, 3.05) is 0 Å². The first-order valence-corrected chi connectivity index (χ1v) is 8.58. The molecule has 4 rings (SSSR count). The van der Waals surface area contributed by atoms with E-state index in [0.29, 0.717) is 22.7 Å². The lowest BCUT2D eigenvalue weighted by Gasteiger charge is -2.05. The molecule has 27 heavy (non-hydrogen) atoms. The summed E-state index contributed by atoms with van der Waals surface area (Å²) >= 11 is 0. The van der Waals surface area contributed by atoms with Crippen LogP contribution < -0.4 is 4.74 Å². The first kappa shape index (κ1) is 16.7. The molecule has 5 heteroatoms. The van der Waals surface area contributed by atoms with Gasteiger partial charge in [-0.15, -0.1) is 5.10 Å². The van der Waals surface area contributed by atoms with Crippen molar-refractivity contribution < 1.29 is 9.53 Å². The van der Waals surface area contributed by atoms with Crippen molar-refractivity contribution in [3.8, 4) is 11.4 Å². The van der Waals surface area contributed by atoms with Crippen molar-refractivity contribution in [2.45, 2.75) is 6.61 Å². The van der Waals surface area contributed by atoms with Crippen LogP contribution >= 0.6 is 0 Å². The first-order valence-electron chi connectivity index (χ1n) is 8.58. The highest BCUT2D eigenvalue weighted by atomic mass is 16.5. The third kappa shape index (κ3) is 3.93. The largest absolute Gasteiger partial charge is 0.486 e. The average molecular weight is 355 g/mol. The van der Waals surface area contributed by atoms with Crippen LogP contribution in [0.4, 0.5) is 0 Å². The molecule has 0 unspecified atom stereocenters. The molecule has 0 aliphatic carbocycles. The zero-order valence-electron chi connectivity index (χ0n) is 14.5. The van der Waals surface area contributed by atoms with Crippen LogP contribution in [0.1, 0.15) is 21.7 Å². The molecule has 4 aromatic rings. The van der Waals surface area contributed by atoms with Crippen molar-refractivity contribution in [3.05, 3.63) is 108 Å². The van der Waals surface area contributed by atoms with E-state index in [1.54, 1.807) is 35.3 Å². The van der Waals surface area contributed by atoms with Gasteiger partial charge in [0, 0.05) is 11.1 Å². The van der Waals surface area contributed by atoms with Crippen molar-refractivity contribution in [1.82, 2.24) is 14.8 Å². The topological polar surface area (TPSA) is 57.0 Å². The highest BCUT2D eigenvalue weighted by molar-refractivity contribution is 6.08. The molecule has 0 spiro atoms. The quantitative estimate of drug-likeness (QED) is 0.489. The third-order valence-corrected chi connectivity index (χ3v) is 4.08. The Morgan fingerprint density at radius 2 is 1.44 bits per heavy atom. The van der Waals surface area contributed by atoms with Gasteiger partial charge in [0.1, 0.15) is 18.7 Å². The number of nitrogens with zero attached hydrogens (tertiary/aromatic N) is 3. The summed E-state index contributed by atoms with van der Waals surface area (Å²) in [6.07, 6.45) is 1.66. The molecular formula is C22H17N3O2. The third-order valence-electron chi connectivity index (χ3n) is 4.08. The molecule has 0 N–H and O–H groups in total. The number of hydrogen-bond acceptors (Lipinski definition) is 4. The minimum absolute atomic E-state index is 0.00887. The van der Waals surface area contributed by atoms with Gasteiger partial charge in [-0.1, -0.05) is 48.5 Å². The van der Waals surface area contributed by atoms with Gasteiger partial charge in [0.2, 0.25) is 0 Å². The highest BCUT2D eigenvalue weighted by Gasteiger charge is 2.09. The lowest BCUT2D eigenvalue weighted by Crippen LogP contribution is -2.02. The summed E-state index contributed by atoms with van der Waals surface area (Å²) in [5.74, 6) is 1.24. The van der Waals surface area contributed by atoms with Crippen LogP contribution in [0.15, 0.2) is 91.3 Å². The maximum atomic E-state index is 12.4. The van der Waals surface area contributed by atoms with E-state index in [0.717, 1.165) is 5.69 Å². The van der Waals surface area contributed by atoms with E-state index in [9.17, 15) is 4.79 Å². The number of carbonyl (C=O) groups excluding carboxylic acids is 1. The molecule has 0 radical (unpaired) electrons. The molecule has 0 aliphatic rings. The van der Waals surface area contributed by atoms with Crippen LogP contribution in [0.2, 0.25) is 0 Å². The molecule has 0 saturated carbocycles. The normalized spacial score (nSPS) is 10.5. The van der Waals surface area contributed by atoms with E-state index in [1.165, 1.54) is 0 Å². The average Bonchev–Trinajstić information content (AvgIpc) is 3.22. The summed E-state index contributed by atoms with van der Waals surface area (Å²) in [5, 5.41) is 4.41. The first-order chi connectivity index (χ1) is 13.3. The van der Waals surface area contributed by atoms with E-state index in [4.69, 9.17) is 4.74 Å². The van der Waals surface area contributed by atoms with Gasteiger partial charge in [0.15, 0.2) is 11.6 Å².